The average molecular weight is 308 g/mol. The molecular formula is C19H20N2O2. The van der Waals surface area contributed by atoms with E-state index in [-0.39, 0.29) is 12.5 Å². The molecule has 0 aliphatic rings. The van der Waals surface area contributed by atoms with Gasteiger partial charge in [0.15, 0.2) is 6.61 Å². The first-order chi connectivity index (χ1) is 11.1. The third kappa shape index (κ3) is 5.79. The predicted octanol–water partition coefficient (Wildman–Crippen LogP) is 3.50. The molecule has 0 radical (unpaired) electrons. The summed E-state index contributed by atoms with van der Waals surface area (Å²) in [7, 11) is 0. The lowest BCUT2D eigenvalue weighted by Gasteiger charge is -2.08. The van der Waals surface area contributed by atoms with Crippen molar-refractivity contribution in [1.82, 2.24) is 5.43 Å². The van der Waals surface area contributed by atoms with Gasteiger partial charge in [-0.1, -0.05) is 54.1 Å². The van der Waals surface area contributed by atoms with Crippen molar-refractivity contribution in [2.24, 2.45) is 5.10 Å². The van der Waals surface area contributed by atoms with E-state index >= 15 is 0 Å². The van der Waals surface area contributed by atoms with Gasteiger partial charge >= 0.3 is 0 Å². The normalized spacial score (nSPS) is 11.0. The number of hydrogen-bond donors (Lipinski definition) is 1. The Bertz CT molecular complexity index is 707. The van der Waals surface area contributed by atoms with Gasteiger partial charge in [-0.15, -0.1) is 0 Å². The van der Waals surface area contributed by atoms with Crippen molar-refractivity contribution in [2.45, 2.75) is 13.8 Å². The highest BCUT2D eigenvalue weighted by molar-refractivity contribution is 5.81. The van der Waals surface area contributed by atoms with Crippen molar-refractivity contribution in [3.63, 3.8) is 0 Å². The third-order valence-electron chi connectivity index (χ3n) is 3.13. The molecular weight excluding hydrogens is 288 g/mol. The molecule has 4 heteroatoms. The van der Waals surface area contributed by atoms with E-state index in [1.54, 1.807) is 6.08 Å². The minimum atomic E-state index is -0.297. The number of amides is 1. The minimum absolute atomic E-state index is 0.0658. The van der Waals surface area contributed by atoms with E-state index in [1.165, 1.54) is 6.21 Å². The Hall–Kier alpha value is -2.88. The van der Waals surface area contributed by atoms with E-state index in [4.69, 9.17) is 4.74 Å². The second-order valence-corrected chi connectivity index (χ2v) is 5.14. The van der Waals surface area contributed by atoms with Crippen molar-refractivity contribution < 1.29 is 9.53 Å². The van der Waals surface area contributed by atoms with Crippen LogP contribution in [0, 0.1) is 13.8 Å². The zero-order valence-corrected chi connectivity index (χ0v) is 13.3. The maximum absolute atomic E-state index is 11.7. The Morgan fingerprint density at radius 2 is 1.96 bits per heavy atom. The lowest BCUT2D eigenvalue weighted by Crippen LogP contribution is -2.24. The molecule has 0 spiro atoms. The molecule has 1 amide bonds. The number of rotatable bonds is 6. The van der Waals surface area contributed by atoms with Crippen LogP contribution in [0.15, 0.2) is 59.7 Å². The van der Waals surface area contributed by atoms with E-state index in [9.17, 15) is 4.79 Å². The highest BCUT2D eigenvalue weighted by Crippen LogP contribution is 2.18. The number of nitrogens with zero attached hydrogens (tertiary/aromatic N) is 1. The summed E-state index contributed by atoms with van der Waals surface area (Å²) in [5.74, 6) is 0.410. The second-order valence-electron chi connectivity index (χ2n) is 5.14. The molecule has 0 saturated carbocycles. The molecule has 0 aliphatic carbocycles. The summed E-state index contributed by atoms with van der Waals surface area (Å²) < 4.78 is 5.48. The number of carbonyl (C=O) groups is 1. The van der Waals surface area contributed by atoms with Gasteiger partial charge in [0.1, 0.15) is 5.75 Å². The number of aryl methyl sites for hydroxylation is 2. The molecule has 0 unspecified atom stereocenters. The van der Waals surface area contributed by atoms with Crippen molar-refractivity contribution in [2.75, 3.05) is 6.61 Å². The quantitative estimate of drug-likeness (QED) is 0.656. The summed E-state index contributed by atoms with van der Waals surface area (Å²) in [6.07, 6.45) is 5.20. The van der Waals surface area contributed by atoms with Crippen LogP contribution in [-0.4, -0.2) is 18.7 Å². The highest BCUT2D eigenvalue weighted by atomic mass is 16.5. The molecule has 1 N–H and O–H groups in total. The molecule has 0 heterocycles. The van der Waals surface area contributed by atoms with Gasteiger partial charge in [0.05, 0.1) is 0 Å². The fourth-order valence-electron chi connectivity index (χ4n) is 2.01. The molecule has 4 nitrogen and oxygen atoms in total. The van der Waals surface area contributed by atoms with Gasteiger partial charge in [-0.2, -0.15) is 5.10 Å². The fraction of sp³-hybridized carbons (Fsp3) is 0.158. The number of allylic oxidation sites excluding steroid dienone is 1. The Balaban J connectivity index is 1.74. The standard InChI is InChI=1S/C19H20N2O2/c1-15-10-11-18(16(2)13-15)23-14-19(22)21-20-12-6-9-17-7-4-3-5-8-17/h3-13H,14H2,1-2H3,(H,21,22). The van der Waals surface area contributed by atoms with Crippen LogP contribution in [0.1, 0.15) is 16.7 Å². The molecule has 2 rings (SSSR count). The zero-order valence-electron chi connectivity index (χ0n) is 13.3. The first kappa shape index (κ1) is 16.5. The van der Waals surface area contributed by atoms with Crippen LogP contribution < -0.4 is 10.2 Å². The van der Waals surface area contributed by atoms with Crippen LogP contribution in [0.3, 0.4) is 0 Å². The lowest BCUT2D eigenvalue weighted by atomic mass is 10.1. The Morgan fingerprint density at radius 3 is 2.70 bits per heavy atom. The van der Waals surface area contributed by atoms with Crippen LogP contribution in [-0.2, 0) is 4.79 Å². The van der Waals surface area contributed by atoms with Crippen LogP contribution in [0.2, 0.25) is 0 Å². The van der Waals surface area contributed by atoms with Gasteiger partial charge in [-0.25, -0.2) is 5.43 Å². The van der Waals surface area contributed by atoms with Gasteiger partial charge in [-0.3, -0.25) is 4.79 Å². The molecule has 0 bridgehead atoms. The van der Waals surface area contributed by atoms with E-state index in [0.717, 1.165) is 16.7 Å². The molecule has 0 aromatic heterocycles. The van der Waals surface area contributed by atoms with Crippen molar-refractivity contribution in [3.05, 3.63) is 71.3 Å². The van der Waals surface area contributed by atoms with Crippen LogP contribution in [0.25, 0.3) is 6.08 Å². The largest absolute Gasteiger partial charge is 0.483 e. The minimum Gasteiger partial charge on any atom is -0.483 e. The molecule has 0 saturated heterocycles. The van der Waals surface area contributed by atoms with Crippen LogP contribution in [0.5, 0.6) is 5.75 Å². The third-order valence-corrected chi connectivity index (χ3v) is 3.13. The van der Waals surface area contributed by atoms with Crippen molar-refractivity contribution >= 4 is 18.2 Å². The topological polar surface area (TPSA) is 50.7 Å². The number of hydrazone groups is 1. The summed E-state index contributed by atoms with van der Waals surface area (Å²) in [6, 6.07) is 15.7. The molecule has 2 aromatic rings. The smallest absolute Gasteiger partial charge is 0.277 e. The van der Waals surface area contributed by atoms with E-state index in [1.807, 2.05) is 68.5 Å². The molecule has 0 atom stereocenters. The summed E-state index contributed by atoms with van der Waals surface area (Å²) in [4.78, 5) is 11.7. The SMILES string of the molecule is Cc1ccc(OCC(=O)NN=CC=Cc2ccccc2)c(C)c1. The molecule has 0 aliphatic heterocycles. The number of hydrogen-bond acceptors (Lipinski definition) is 3. The molecule has 2 aromatic carbocycles. The van der Waals surface area contributed by atoms with E-state index < -0.39 is 0 Å². The molecule has 0 fully saturated rings. The molecule has 118 valence electrons. The maximum Gasteiger partial charge on any atom is 0.277 e. The van der Waals surface area contributed by atoms with Crippen molar-refractivity contribution in [3.8, 4) is 5.75 Å². The van der Waals surface area contributed by atoms with Gasteiger partial charge in [-0.05, 0) is 37.1 Å². The number of benzene rings is 2. The first-order valence-corrected chi connectivity index (χ1v) is 7.39. The van der Waals surface area contributed by atoms with Gasteiger partial charge in [0.25, 0.3) is 5.91 Å². The zero-order chi connectivity index (χ0) is 16.5. The van der Waals surface area contributed by atoms with E-state index in [0.29, 0.717) is 5.75 Å². The molecule has 23 heavy (non-hydrogen) atoms. The summed E-state index contributed by atoms with van der Waals surface area (Å²) in [6.45, 7) is 3.90. The summed E-state index contributed by atoms with van der Waals surface area (Å²) in [5.41, 5.74) is 5.66. The summed E-state index contributed by atoms with van der Waals surface area (Å²) >= 11 is 0. The lowest BCUT2D eigenvalue weighted by molar-refractivity contribution is -0.123. The Morgan fingerprint density at radius 1 is 1.17 bits per heavy atom. The summed E-state index contributed by atoms with van der Waals surface area (Å²) in [5, 5.41) is 3.84. The predicted molar refractivity (Wildman–Crippen MR) is 93.5 cm³/mol. The Labute approximate surface area is 136 Å². The highest BCUT2D eigenvalue weighted by Gasteiger charge is 2.03. The first-order valence-electron chi connectivity index (χ1n) is 7.39. The number of nitrogens with one attached hydrogen (secondary N) is 1. The van der Waals surface area contributed by atoms with Gasteiger partial charge in [0.2, 0.25) is 0 Å². The monoisotopic (exact) mass is 308 g/mol. The number of ether oxygens (including phenoxy) is 1. The van der Waals surface area contributed by atoms with Gasteiger partial charge < -0.3 is 4.74 Å². The van der Waals surface area contributed by atoms with Crippen LogP contribution >= 0.6 is 0 Å². The average Bonchev–Trinajstić information content (AvgIpc) is 2.54. The van der Waals surface area contributed by atoms with Gasteiger partial charge in [0, 0.05) is 6.21 Å². The second kappa shape index (κ2) is 8.54. The maximum atomic E-state index is 11.7. The van der Waals surface area contributed by atoms with Crippen molar-refractivity contribution in [1.29, 1.82) is 0 Å². The van der Waals surface area contributed by atoms with Crippen LogP contribution in [0.4, 0.5) is 0 Å². The number of carbonyl (C=O) groups excluding carboxylic acids is 1. The fourth-order valence-corrected chi connectivity index (χ4v) is 2.01. The van der Waals surface area contributed by atoms with E-state index in [2.05, 4.69) is 10.5 Å². The Kier molecular flexibility index (Phi) is 6.12.